The molecule has 9 heteroatoms. The molecule has 3 aromatic rings. The molecule has 5 rings (SSSR count). The number of nitrogen functional groups attached to an aromatic ring is 1. The van der Waals surface area contributed by atoms with Gasteiger partial charge in [0.15, 0.2) is 0 Å². The lowest BCUT2D eigenvalue weighted by atomic mass is 9.93. The Bertz CT molecular complexity index is 1390. The van der Waals surface area contributed by atoms with Gasteiger partial charge in [-0.05, 0) is 47.2 Å². The second-order valence-corrected chi connectivity index (χ2v) is 10.1. The number of halogens is 4. The van der Waals surface area contributed by atoms with E-state index < -0.39 is 17.7 Å². The van der Waals surface area contributed by atoms with Gasteiger partial charge in [-0.3, -0.25) is 0 Å². The van der Waals surface area contributed by atoms with Gasteiger partial charge in [-0.25, -0.2) is 4.98 Å². The number of alkyl halides is 3. The van der Waals surface area contributed by atoms with E-state index in [0.717, 1.165) is 35.9 Å². The summed E-state index contributed by atoms with van der Waals surface area (Å²) in [6, 6.07) is 11.1. The molecule has 38 heavy (non-hydrogen) atoms. The summed E-state index contributed by atoms with van der Waals surface area (Å²) in [5.74, 6) is -0.786. The molecule has 5 nitrogen and oxygen atoms in total. The molecule has 3 heterocycles. The van der Waals surface area contributed by atoms with Crippen molar-refractivity contribution in [3.63, 3.8) is 0 Å². The fourth-order valence-electron chi connectivity index (χ4n) is 5.15. The number of nitrogens with two attached hydrogens (primary N) is 1. The highest BCUT2D eigenvalue weighted by Crippen LogP contribution is 2.41. The van der Waals surface area contributed by atoms with Crippen LogP contribution in [-0.4, -0.2) is 37.3 Å². The maximum absolute atomic E-state index is 15.1. The zero-order valence-corrected chi connectivity index (χ0v) is 21.3. The van der Waals surface area contributed by atoms with E-state index in [1.165, 1.54) is 18.2 Å². The maximum Gasteiger partial charge on any atom is 0.418 e. The molecule has 2 aromatic carbocycles. The number of hydrogen-bond donors (Lipinski definition) is 2. The normalized spacial score (nSPS) is 17.9. The minimum Gasteiger partial charge on any atom is -0.385 e. The van der Waals surface area contributed by atoms with Gasteiger partial charge in [0.25, 0.3) is 0 Å². The monoisotopic (exact) mass is 526 g/mol. The Morgan fingerprint density at radius 3 is 2.55 bits per heavy atom. The molecule has 1 saturated heterocycles. The van der Waals surface area contributed by atoms with Crippen LogP contribution in [0.3, 0.4) is 0 Å². The van der Waals surface area contributed by atoms with Gasteiger partial charge in [0, 0.05) is 47.7 Å². The van der Waals surface area contributed by atoms with E-state index in [2.05, 4.69) is 16.9 Å². The molecular weight excluding hydrogens is 496 g/mol. The van der Waals surface area contributed by atoms with Crippen LogP contribution in [0.2, 0.25) is 0 Å². The van der Waals surface area contributed by atoms with Gasteiger partial charge in [-0.2, -0.15) is 17.6 Å². The van der Waals surface area contributed by atoms with Crippen molar-refractivity contribution in [2.45, 2.75) is 32.5 Å². The van der Waals surface area contributed by atoms with Crippen LogP contribution in [0, 0.1) is 11.9 Å². The summed E-state index contributed by atoms with van der Waals surface area (Å²) < 4.78 is 63.6. The summed E-state index contributed by atoms with van der Waals surface area (Å²) in [5, 5.41) is 3.22. The summed E-state index contributed by atoms with van der Waals surface area (Å²) >= 11 is 0. The van der Waals surface area contributed by atoms with Crippen LogP contribution in [0.15, 0.2) is 49.0 Å². The quantitative estimate of drug-likeness (QED) is 0.316. The average Bonchev–Trinajstić information content (AvgIpc) is 2.88. The number of rotatable bonds is 4. The Balaban J connectivity index is 1.56. The van der Waals surface area contributed by atoms with Crippen molar-refractivity contribution in [1.82, 2.24) is 10.3 Å². The summed E-state index contributed by atoms with van der Waals surface area (Å²) in [5.41, 5.74) is 9.40. The number of ether oxygens (including phenoxy) is 1. The number of benzene rings is 2. The third-order valence-electron chi connectivity index (χ3n) is 7.27. The SMILES string of the molecule is C=C1NCCc2cc(-c3cc(-c4ccc(N5CCO[C@@H](C(C)C)C5)c(C(F)(F)F)c4)c(F)nc3N)ccc21. The maximum atomic E-state index is 15.1. The van der Waals surface area contributed by atoms with Gasteiger partial charge < -0.3 is 20.7 Å². The van der Waals surface area contributed by atoms with Crippen molar-refractivity contribution < 1.29 is 22.3 Å². The summed E-state index contributed by atoms with van der Waals surface area (Å²) in [6.07, 6.45) is -4.03. The van der Waals surface area contributed by atoms with Gasteiger partial charge in [0.1, 0.15) is 5.82 Å². The lowest BCUT2D eigenvalue weighted by Gasteiger charge is -2.37. The summed E-state index contributed by atoms with van der Waals surface area (Å²) in [7, 11) is 0. The minimum absolute atomic E-state index is 0.0281. The molecule has 0 unspecified atom stereocenters. The molecule has 200 valence electrons. The topological polar surface area (TPSA) is 63.4 Å². The molecule has 1 fully saturated rings. The smallest absolute Gasteiger partial charge is 0.385 e. The molecule has 1 atom stereocenters. The number of nitrogens with one attached hydrogen (secondary N) is 1. The molecule has 2 aliphatic rings. The first kappa shape index (κ1) is 26.0. The van der Waals surface area contributed by atoms with Gasteiger partial charge >= 0.3 is 6.18 Å². The number of pyridine rings is 1. The molecule has 0 radical (unpaired) electrons. The zero-order valence-electron chi connectivity index (χ0n) is 21.3. The molecule has 0 amide bonds. The van der Waals surface area contributed by atoms with E-state index in [1.807, 2.05) is 32.0 Å². The second kappa shape index (κ2) is 9.94. The largest absolute Gasteiger partial charge is 0.418 e. The summed E-state index contributed by atoms with van der Waals surface area (Å²) in [6.45, 7) is 9.75. The number of morpholine rings is 1. The first-order valence-electron chi connectivity index (χ1n) is 12.6. The lowest BCUT2D eigenvalue weighted by Crippen LogP contribution is -2.45. The highest BCUT2D eigenvalue weighted by molar-refractivity contribution is 5.82. The van der Waals surface area contributed by atoms with E-state index >= 15 is 4.39 Å². The molecule has 0 spiro atoms. The van der Waals surface area contributed by atoms with Crippen LogP contribution in [-0.2, 0) is 17.3 Å². The number of fused-ring (bicyclic) bond motifs is 1. The molecule has 0 aliphatic carbocycles. The Labute approximate surface area is 219 Å². The van der Waals surface area contributed by atoms with Gasteiger partial charge in [0.2, 0.25) is 5.95 Å². The predicted octanol–water partition coefficient (Wildman–Crippen LogP) is 6.13. The first-order valence-corrected chi connectivity index (χ1v) is 12.6. The molecule has 0 saturated carbocycles. The first-order chi connectivity index (χ1) is 18.0. The van der Waals surface area contributed by atoms with Crippen LogP contribution in [0.4, 0.5) is 29.1 Å². The predicted molar refractivity (Wildman–Crippen MR) is 142 cm³/mol. The van der Waals surface area contributed by atoms with Gasteiger partial charge in [0.05, 0.1) is 18.3 Å². The highest BCUT2D eigenvalue weighted by Gasteiger charge is 2.37. The van der Waals surface area contributed by atoms with E-state index in [-0.39, 0.29) is 34.7 Å². The van der Waals surface area contributed by atoms with E-state index in [1.54, 1.807) is 4.90 Å². The van der Waals surface area contributed by atoms with Crippen molar-refractivity contribution >= 4 is 17.2 Å². The van der Waals surface area contributed by atoms with Crippen LogP contribution in [0.5, 0.6) is 0 Å². The Morgan fingerprint density at radius 1 is 1.08 bits per heavy atom. The van der Waals surface area contributed by atoms with Gasteiger partial charge in [-0.15, -0.1) is 0 Å². The van der Waals surface area contributed by atoms with Crippen molar-refractivity contribution in [2.75, 3.05) is 36.9 Å². The number of nitrogens with zero attached hydrogens (tertiary/aromatic N) is 2. The van der Waals surface area contributed by atoms with Crippen LogP contribution >= 0.6 is 0 Å². The average molecular weight is 527 g/mol. The number of hydrogen-bond acceptors (Lipinski definition) is 5. The second-order valence-electron chi connectivity index (χ2n) is 10.1. The van der Waals surface area contributed by atoms with Crippen LogP contribution in [0.1, 0.15) is 30.5 Å². The van der Waals surface area contributed by atoms with E-state index in [4.69, 9.17) is 10.5 Å². The Morgan fingerprint density at radius 2 is 1.82 bits per heavy atom. The van der Waals surface area contributed by atoms with Gasteiger partial charge in [-0.1, -0.05) is 44.7 Å². The molecule has 2 aliphatic heterocycles. The van der Waals surface area contributed by atoms with Crippen molar-refractivity contribution in [2.24, 2.45) is 5.92 Å². The fourth-order valence-corrected chi connectivity index (χ4v) is 5.15. The minimum atomic E-state index is -4.63. The molecular formula is C29H30F4N4O. The van der Waals surface area contributed by atoms with Crippen molar-refractivity contribution in [1.29, 1.82) is 0 Å². The third-order valence-corrected chi connectivity index (χ3v) is 7.27. The lowest BCUT2D eigenvalue weighted by molar-refractivity contribution is -0.137. The molecule has 3 N–H and O–H groups in total. The van der Waals surface area contributed by atoms with Crippen molar-refractivity contribution in [3.05, 3.63) is 71.7 Å². The number of aromatic nitrogens is 1. The number of anilines is 2. The fraction of sp³-hybridized carbons (Fsp3) is 0.345. The standard InChI is InChI=1S/C29H30F4N4O/c1-16(2)26-15-37(10-11-38-26)25-7-5-19(13-24(25)29(31,32)33)22-14-23(28(34)36-27(22)30)18-4-6-21-17(3)35-9-8-20(21)12-18/h4-7,12-14,16,26,35H,3,8-11,15H2,1-2H3,(H2,34,36)/t26-/m1/s1. The Kier molecular flexibility index (Phi) is 6.81. The summed E-state index contributed by atoms with van der Waals surface area (Å²) in [4.78, 5) is 5.55. The molecule has 1 aromatic heterocycles. The van der Waals surface area contributed by atoms with Crippen LogP contribution < -0.4 is 16.0 Å². The van der Waals surface area contributed by atoms with E-state index in [0.29, 0.717) is 30.8 Å². The third kappa shape index (κ3) is 4.95. The highest BCUT2D eigenvalue weighted by atomic mass is 19.4. The zero-order chi connectivity index (χ0) is 27.2. The van der Waals surface area contributed by atoms with Crippen molar-refractivity contribution in [3.8, 4) is 22.3 Å². The molecule has 0 bridgehead atoms. The van der Waals surface area contributed by atoms with E-state index in [9.17, 15) is 13.2 Å². The van der Waals surface area contributed by atoms with Crippen LogP contribution in [0.25, 0.3) is 28.0 Å². The Hall–Kier alpha value is -3.59.